The standard InChI is InChI=1S/C22H20OS/c23-22(19-12-6-2-7-13-19)21(24-20-14-8-3-9-15-20)17-16-18-10-4-1-5-11-18/h1-17,21-23H/b17-16+/t21-,22-/m1/s1. The summed E-state index contributed by atoms with van der Waals surface area (Å²) in [4.78, 5) is 1.15. The van der Waals surface area contributed by atoms with E-state index in [1.165, 1.54) is 0 Å². The molecule has 0 amide bonds. The van der Waals surface area contributed by atoms with Crippen molar-refractivity contribution in [2.24, 2.45) is 0 Å². The molecule has 1 nitrogen and oxygen atoms in total. The lowest BCUT2D eigenvalue weighted by Crippen LogP contribution is -2.12. The zero-order valence-electron chi connectivity index (χ0n) is 13.3. The Morgan fingerprint density at radius 1 is 0.708 bits per heavy atom. The predicted molar refractivity (Wildman–Crippen MR) is 103 cm³/mol. The Bertz CT molecular complexity index is 754. The molecule has 0 aromatic heterocycles. The molecule has 0 spiro atoms. The molecule has 3 aromatic rings. The molecule has 0 unspecified atom stereocenters. The first-order valence-electron chi connectivity index (χ1n) is 8.01. The highest BCUT2D eigenvalue weighted by molar-refractivity contribution is 8.00. The Hall–Kier alpha value is -2.29. The van der Waals surface area contributed by atoms with Gasteiger partial charge in [0, 0.05) is 4.90 Å². The summed E-state index contributed by atoms with van der Waals surface area (Å²) in [6.45, 7) is 0. The second-order valence-corrected chi connectivity index (χ2v) is 6.77. The molecule has 2 heteroatoms. The van der Waals surface area contributed by atoms with Crippen molar-refractivity contribution >= 4 is 17.8 Å². The van der Waals surface area contributed by atoms with Crippen LogP contribution in [-0.4, -0.2) is 10.4 Å². The summed E-state index contributed by atoms with van der Waals surface area (Å²) in [6.07, 6.45) is 3.61. The van der Waals surface area contributed by atoms with Gasteiger partial charge in [-0.2, -0.15) is 0 Å². The van der Waals surface area contributed by atoms with E-state index in [9.17, 15) is 5.11 Å². The Morgan fingerprint density at radius 2 is 1.25 bits per heavy atom. The highest BCUT2D eigenvalue weighted by Crippen LogP contribution is 2.33. The van der Waals surface area contributed by atoms with Crippen molar-refractivity contribution in [3.05, 3.63) is 108 Å². The van der Waals surface area contributed by atoms with Crippen molar-refractivity contribution in [3.63, 3.8) is 0 Å². The van der Waals surface area contributed by atoms with Gasteiger partial charge in [0.25, 0.3) is 0 Å². The number of aliphatic hydroxyl groups is 1. The fraction of sp³-hybridized carbons (Fsp3) is 0.0909. The molecule has 0 bridgehead atoms. The first kappa shape index (κ1) is 16.6. The van der Waals surface area contributed by atoms with E-state index in [1.807, 2.05) is 66.7 Å². The third kappa shape index (κ3) is 4.60. The maximum absolute atomic E-state index is 10.8. The fourth-order valence-electron chi connectivity index (χ4n) is 2.48. The van der Waals surface area contributed by atoms with E-state index in [-0.39, 0.29) is 5.25 Å². The molecule has 0 saturated carbocycles. The highest BCUT2D eigenvalue weighted by atomic mass is 32.2. The minimum Gasteiger partial charge on any atom is -0.387 e. The van der Waals surface area contributed by atoms with Crippen LogP contribution >= 0.6 is 11.8 Å². The van der Waals surface area contributed by atoms with Crippen molar-refractivity contribution in [2.45, 2.75) is 16.2 Å². The van der Waals surface area contributed by atoms with Crippen LogP contribution in [0.2, 0.25) is 0 Å². The number of rotatable bonds is 6. The molecule has 0 aliphatic heterocycles. The number of aliphatic hydroxyl groups excluding tert-OH is 1. The van der Waals surface area contributed by atoms with Crippen LogP contribution in [0.5, 0.6) is 0 Å². The topological polar surface area (TPSA) is 20.2 Å². The summed E-state index contributed by atoms with van der Waals surface area (Å²) < 4.78 is 0. The zero-order chi connectivity index (χ0) is 16.6. The van der Waals surface area contributed by atoms with Gasteiger partial charge >= 0.3 is 0 Å². The van der Waals surface area contributed by atoms with E-state index < -0.39 is 6.10 Å². The van der Waals surface area contributed by atoms with Crippen LogP contribution in [0.4, 0.5) is 0 Å². The van der Waals surface area contributed by atoms with Gasteiger partial charge in [-0.25, -0.2) is 0 Å². The summed E-state index contributed by atoms with van der Waals surface area (Å²) in [5, 5.41) is 10.8. The Kier molecular flexibility index (Phi) is 5.89. The number of hydrogen-bond acceptors (Lipinski definition) is 2. The fourth-order valence-corrected chi connectivity index (χ4v) is 3.55. The second kappa shape index (κ2) is 8.53. The van der Waals surface area contributed by atoms with E-state index >= 15 is 0 Å². The minimum atomic E-state index is -0.559. The van der Waals surface area contributed by atoms with Gasteiger partial charge in [0.2, 0.25) is 0 Å². The van der Waals surface area contributed by atoms with Gasteiger partial charge in [0.15, 0.2) is 0 Å². The first-order valence-corrected chi connectivity index (χ1v) is 8.89. The lowest BCUT2D eigenvalue weighted by molar-refractivity contribution is 0.187. The molecule has 3 aromatic carbocycles. The van der Waals surface area contributed by atoms with E-state index in [2.05, 4.69) is 36.4 Å². The van der Waals surface area contributed by atoms with Crippen LogP contribution in [0.15, 0.2) is 102 Å². The smallest absolute Gasteiger partial charge is 0.0947 e. The van der Waals surface area contributed by atoms with Crippen molar-refractivity contribution in [3.8, 4) is 0 Å². The normalized spacial score (nSPS) is 13.7. The third-order valence-corrected chi connectivity index (χ3v) is 4.98. The molecule has 0 radical (unpaired) electrons. The number of hydrogen-bond donors (Lipinski definition) is 1. The van der Waals surface area contributed by atoms with Crippen LogP contribution in [0.25, 0.3) is 6.08 Å². The lowest BCUT2D eigenvalue weighted by atomic mass is 10.1. The van der Waals surface area contributed by atoms with Crippen molar-refractivity contribution < 1.29 is 5.11 Å². The molecular formula is C22H20OS. The summed E-state index contributed by atoms with van der Waals surface area (Å²) in [6, 6.07) is 30.2. The van der Waals surface area contributed by atoms with Crippen molar-refractivity contribution in [1.82, 2.24) is 0 Å². The lowest BCUT2D eigenvalue weighted by Gasteiger charge is -2.20. The monoisotopic (exact) mass is 332 g/mol. The molecule has 1 N–H and O–H groups in total. The average molecular weight is 332 g/mol. The van der Waals surface area contributed by atoms with Crippen LogP contribution in [0, 0.1) is 0 Å². The molecule has 0 aliphatic carbocycles. The largest absolute Gasteiger partial charge is 0.387 e. The second-order valence-electron chi connectivity index (χ2n) is 5.52. The van der Waals surface area contributed by atoms with Crippen molar-refractivity contribution in [1.29, 1.82) is 0 Å². The van der Waals surface area contributed by atoms with E-state index in [1.54, 1.807) is 11.8 Å². The van der Waals surface area contributed by atoms with E-state index in [4.69, 9.17) is 0 Å². The molecule has 0 saturated heterocycles. The molecular weight excluding hydrogens is 312 g/mol. The van der Waals surface area contributed by atoms with E-state index in [0.717, 1.165) is 16.0 Å². The highest BCUT2D eigenvalue weighted by Gasteiger charge is 2.19. The van der Waals surface area contributed by atoms with Crippen molar-refractivity contribution in [2.75, 3.05) is 0 Å². The Morgan fingerprint density at radius 3 is 1.88 bits per heavy atom. The molecule has 0 fully saturated rings. The summed E-state index contributed by atoms with van der Waals surface area (Å²) in [5.74, 6) is 0. The first-order chi connectivity index (χ1) is 11.8. The number of benzene rings is 3. The summed E-state index contributed by atoms with van der Waals surface area (Å²) >= 11 is 1.67. The maximum atomic E-state index is 10.8. The molecule has 0 heterocycles. The predicted octanol–water partition coefficient (Wildman–Crippen LogP) is 5.59. The van der Waals surface area contributed by atoms with Crippen LogP contribution in [-0.2, 0) is 0 Å². The SMILES string of the molecule is O[C@H](c1ccccc1)[C@@H](/C=C/c1ccccc1)Sc1ccccc1. The van der Waals surface area contributed by atoms with Gasteiger partial charge in [-0.3, -0.25) is 0 Å². The Labute approximate surface area is 147 Å². The molecule has 3 rings (SSSR count). The molecule has 24 heavy (non-hydrogen) atoms. The van der Waals surface area contributed by atoms with Gasteiger partial charge in [-0.05, 0) is 23.3 Å². The molecule has 2 atom stereocenters. The number of thioether (sulfide) groups is 1. The van der Waals surface area contributed by atoms with Gasteiger partial charge in [-0.1, -0.05) is 91.0 Å². The molecule has 120 valence electrons. The third-order valence-electron chi connectivity index (χ3n) is 3.75. The summed E-state index contributed by atoms with van der Waals surface area (Å²) in [5.41, 5.74) is 2.07. The Balaban J connectivity index is 1.84. The summed E-state index contributed by atoms with van der Waals surface area (Å²) in [7, 11) is 0. The van der Waals surface area contributed by atoms with Gasteiger partial charge in [0.05, 0.1) is 11.4 Å². The van der Waals surface area contributed by atoms with Gasteiger partial charge in [-0.15, -0.1) is 11.8 Å². The minimum absolute atomic E-state index is 0.0602. The maximum Gasteiger partial charge on any atom is 0.0947 e. The quantitative estimate of drug-likeness (QED) is 0.593. The average Bonchev–Trinajstić information content (AvgIpc) is 2.67. The van der Waals surface area contributed by atoms with Gasteiger partial charge < -0.3 is 5.11 Å². The van der Waals surface area contributed by atoms with E-state index in [0.29, 0.717) is 0 Å². The van der Waals surface area contributed by atoms with Crippen LogP contribution in [0.1, 0.15) is 17.2 Å². The molecule has 0 aliphatic rings. The van der Waals surface area contributed by atoms with Crippen LogP contribution < -0.4 is 0 Å². The zero-order valence-corrected chi connectivity index (χ0v) is 14.1. The van der Waals surface area contributed by atoms with Crippen LogP contribution in [0.3, 0.4) is 0 Å². The van der Waals surface area contributed by atoms with Gasteiger partial charge in [0.1, 0.15) is 0 Å².